The molecule has 9 nitrogen and oxygen atoms in total. The Bertz CT molecular complexity index is 1470. The van der Waals surface area contributed by atoms with Gasteiger partial charge in [0.15, 0.2) is 17.2 Å². The Hall–Kier alpha value is -4.53. The molecule has 2 aromatic carbocycles. The quantitative estimate of drug-likeness (QED) is 0.283. The van der Waals surface area contributed by atoms with Crippen molar-refractivity contribution < 1.29 is 19.1 Å². The molecule has 2 aromatic heterocycles. The Morgan fingerprint density at radius 2 is 1.67 bits per heavy atom. The number of Topliss-reactive ketones (excluding diaryl/α,β-unsaturated/α-hetero) is 1. The van der Waals surface area contributed by atoms with Crippen LogP contribution in [0.1, 0.15) is 36.0 Å². The summed E-state index contributed by atoms with van der Waals surface area (Å²) in [7, 11) is 0. The van der Waals surface area contributed by atoms with Crippen molar-refractivity contribution in [3.05, 3.63) is 78.5 Å². The van der Waals surface area contributed by atoms with E-state index in [1.807, 2.05) is 6.07 Å². The molecule has 2 fully saturated rings. The summed E-state index contributed by atoms with van der Waals surface area (Å²) in [5, 5.41) is 10.1. The first kappa shape index (κ1) is 22.0. The highest BCUT2D eigenvalue weighted by Crippen LogP contribution is 2.49. The Labute approximate surface area is 206 Å². The standard InChI is InChI=1S/C27H23N5O4/c33-24(17-4-2-1-3-5-17)27(14-15-27)26(35)28-19-8-10-20(11-9-19)36-23-13-12-22-29-21(16-32(22)31-23)30-25(34)18-6-7-18/h1-5,8-13,16,18H,6-7,14-15H2,(H,28,35)(H,30,34). The molecule has 180 valence electrons. The monoisotopic (exact) mass is 481 g/mol. The van der Waals surface area contributed by atoms with Gasteiger partial charge in [0.25, 0.3) is 0 Å². The van der Waals surface area contributed by atoms with Gasteiger partial charge in [-0.15, -0.1) is 5.10 Å². The Morgan fingerprint density at radius 3 is 2.36 bits per heavy atom. The van der Waals surface area contributed by atoms with E-state index in [0.717, 1.165) is 12.8 Å². The maximum absolute atomic E-state index is 12.9. The second-order valence-electron chi connectivity index (χ2n) is 9.22. The predicted molar refractivity (Wildman–Crippen MR) is 132 cm³/mol. The van der Waals surface area contributed by atoms with Gasteiger partial charge in [-0.25, -0.2) is 9.50 Å². The summed E-state index contributed by atoms with van der Waals surface area (Å²) >= 11 is 0. The van der Waals surface area contributed by atoms with Crippen LogP contribution in [0, 0.1) is 11.3 Å². The first-order chi connectivity index (χ1) is 17.5. The van der Waals surface area contributed by atoms with Crippen molar-refractivity contribution in [2.75, 3.05) is 10.6 Å². The van der Waals surface area contributed by atoms with Crippen LogP contribution in [0.5, 0.6) is 11.6 Å². The topological polar surface area (TPSA) is 115 Å². The molecule has 0 bridgehead atoms. The van der Waals surface area contributed by atoms with Gasteiger partial charge in [-0.05, 0) is 56.0 Å². The van der Waals surface area contributed by atoms with Crippen LogP contribution in [0.3, 0.4) is 0 Å². The number of benzene rings is 2. The van der Waals surface area contributed by atoms with Crippen LogP contribution in [0.4, 0.5) is 11.5 Å². The number of nitrogens with one attached hydrogen (secondary N) is 2. The lowest BCUT2D eigenvalue weighted by Gasteiger charge is -2.14. The minimum absolute atomic E-state index is 0.0147. The van der Waals surface area contributed by atoms with Crippen molar-refractivity contribution in [3.8, 4) is 11.6 Å². The lowest BCUT2D eigenvalue weighted by Crippen LogP contribution is -2.31. The Kier molecular flexibility index (Phi) is 5.25. The molecule has 2 amide bonds. The highest BCUT2D eigenvalue weighted by Gasteiger charge is 2.56. The van der Waals surface area contributed by atoms with E-state index in [1.54, 1.807) is 71.4 Å². The summed E-state index contributed by atoms with van der Waals surface area (Å²) in [6.45, 7) is 0. The van der Waals surface area contributed by atoms with E-state index in [2.05, 4.69) is 20.7 Å². The summed E-state index contributed by atoms with van der Waals surface area (Å²) in [6, 6.07) is 19.2. The van der Waals surface area contributed by atoms with Crippen LogP contribution >= 0.6 is 0 Å². The van der Waals surface area contributed by atoms with Gasteiger partial charge in [0, 0.05) is 23.2 Å². The van der Waals surface area contributed by atoms with Gasteiger partial charge in [-0.3, -0.25) is 14.4 Å². The molecule has 0 unspecified atom stereocenters. The first-order valence-corrected chi connectivity index (χ1v) is 11.9. The fraction of sp³-hybridized carbons (Fsp3) is 0.222. The van der Waals surface area contributed by atoms with E-state index >= 15 is 0 Å². The van der Waals surface area contributed by atoms with E-state index in [-0.39, 0.29) is 23.5 Å². The Balaban J connectivity index is 1.10. The van der Waals surface area contributed by atoms with Crippen molar-refractivity contribution in [2.24, 2.45) is 11.3 Å². The lowest BCUT2D eigenvalue weighted by atomic mass is 9.93. The highest BCUT2D eigenvalue weighted by molar-refractivity contribution is 6.19. The number of hydrogen-bond acceptors (Lipinski definition) is 6. The third-order valence-electron chi connectivity index (χ3n) is 6.48. The zero-order valence-corrected chi connectivity index (χ0v) is 19.3. The minimum atomic E-state index is -0.988. The SMILES string of the molecule is O=C(Nc1cn2nc(Oc3ccc(NC(=O)C4(C(=O)c5ccccc5)CC4)cc3)ccc2n1)C1CC1. The number of nitrogens with zero attached hydrogens (tertiary/aromatic N) is 3. The molecule has 6 rings (SSSR count). The lowest BCUT2D eigenvalue weighted by molar-refractivity contribution is -0.119. The zero-order chi connectivity index (χ0) is 24.7. The van der Waals surface area contributed by atoms with Gasteiger partial charge in [0.1, 0.15) is 11.2 Å². The van der Waals surface area contributed by atoms with E-state index in [4.69, 9.17) is 4.74 Å². The number of anilines is 2. The van der Waals surface area contributed by atoms with E-state index in [1.165, 1.54) is 0 Å². The van der Waals surface area contributed by atoms with Crippen LogP contribution in [0.2, 0.25) is 0 Å². The van der Waals surface area contributed by atoms with Crippen molar-refractivity contribution in [2.45, 2.75) is 25.7 Å². The van der Waals surface area contributed by atoms with E-state index in [9.17, 15) is 14.4 Å². The van der Waals surface area contributed by atoms with Crippen LogP contribution < -0.4 is 15.4 Å². The van der Waals surface area contributed by atoms with Gasteiger partial charge < -0.3 is 15.4 Å². The second-order valence-corrected chi connectivity index (χ2v) is 9.22. The molecular weight excluding hydrogens is 458 g/mol. The average molecular weight is 482 g/mol. The molecule has 0 saturated heterocycles. The largest absolute Gasteiger partial charge is 0.438 e. The van der Waals surface area contributed by atoms with Crippen molar-refractivity contribution in [1.29, 1.82) is 0 Å². The molecule has 36 heavy (non-hydrogen) atoms. The predicted octanol–water partition coefficient (Wildman–Crippen LogP) is 4.47. The number of carbonyl (C=O) groups excluding carboxylic acids is 3. The molecule has 4 aromatic rings. The molecule has 2 N–H and O–H groups in total. The van der Waals surface area contributed by atoms with Gasteiger partial charge in [0.05, 0.1) is 6.20 Å². The molecule has 0 atom stereocenters. The smallest absolute Gasteiger partial charge is 0.238 e. The van der Waals surface area contributed by atoms with Crippen LogP contribution in [0.15, 0.2) is 72.9 Å². The molecule has 2 heterocycles. The second kappa shape index (κ2) is 8.60. The van der Waals surface area contributed by atoms with Gasteiger partial charge >= 0.3 is 0 Å². The number of amides is 2. The summed E-state index contributed by atoms with van der Waals surface area (Å²) in [5.41, 5.74) is 0.727. The number of imidazole rings is 1. The van der Waals surface area contributed by atoms with E-state index in [0.29, 0.717) is 47.2 Å². The molecular formula is C27H23N5O4. The number of carbonyl (C=O) groups is 3. The molecule has 0 spiro atoms. The van der Waals surface area contributed by atoms with Crippen molar-refractivity contribution in [3.63, 3.8) is 0 Å². The number of fused-ring (bicyclic) bond motifs is 1. The number of aromatic nitrogens is 3. The number of ketones is 1. The van der Waals surface area contributed by atoms with Crippen LogP contribution in [0.25, 0.3) is 5.65 Å². The van der Waals surface area contributed by atoms with Gasteiger partial charge in [0.2, 0.25) is 17.7 Å². The summed E-state index contributed by atoms with van der Waals surface area (Å²) in [6.07, 6.45) is 4.57. The van der Waals surface area contributed by atoms with Crippen molar-refractivity contribution in [1.82, 2.24) is 14.6 Å². The molecule has 2 aliphatic rings. The molecule has 9 heteroatoms. The number of hydrogen-bond donors (Lipinski definition) is 2. The zero-order valence-electron chi connectivity index (χ0n) is 19.3. The highest BCUT2D eigenvalue weighted by atomic mass is 16.5. The molecule has 2 saturated carbocycles. The fourth-order valence-corrected chi connectivity index (χ4v) is 4.08. The number of ether oxygens (including phenoxy) is 1. The third kappa shape index (κ3) is 4.31. The van der Waals surface area contributed by atoms with Gasteiger partial charge in [-0.1, -0.05) is 30.3 Å². The van der Waals surface area contributed by atoms with Crippen molar-refractivity contribution >= 4 is 34.8 Å². The fourth-order valence-electron chi connectivity index (χ4n) is 4.08. The maximum Gasteiger partial charge on any atom is 0.238 e. The van der Waals surface area contributed by atoms with Crippen LogP contribution in [-0.2, 0) is 9.59 Å². The normalized spacial score (nSPS) is 15.8. The van der Waals surface area contributed by atoms with Crippen LogP contribution in [-0.4, -0.2) is 32.2 Å². The summed E-state index contributed by atoms with van der Waals surface area (Å²) < 4.78 is 7.39. The molecule has 0 radical (unpaired) electrons. The summed E-state index contributed by atoms with van der Waals surface area (Å²) in [5.74, 6) is 0.980. The third-order valence-corrected chi connectivity index (χ3v) is 6.48. The Morgan fingerprint density at radius 1 is 0.917 bits per heavy atom. The summed E-state index contributed by atoms with van der Waals surface area (Å²) in [4.78, 5) is 42.1. The van der Waals surface area contributed by atoms with E-state index < -0.39 is 5.41 Å². The molecule has 0 aliphatic heterocycles. The first-order valence-electron chi connectivity index (χ1n) is 11.9. The van der Waals surface area contributed by atoms with Gasteiger partial charge in [-0.2, -0.15) is 0 Å². The molecule has 2 aliphatic carbocycles. The minimum Gasteiger partial charge on any atom is -0.438 e. The maximum atomic E-state index is 12.9. The number of rotatable bonds is 8. The average Bonchev–Trinajstić information content (AvgIpc) is 3.82.